The Morgan fingerprint density at radius 1 is 0.963 bits per heavy atom. The molecule has 1 aliphatic rings. The Balaban J connectivity index is 1.82. The number of nitrogens with one attached hydrogen (secondary N) is 1. The fraction of sp³-hybridized carbons (Fsp3) is 0. The smallest absolute Gasteiger partial charge is 0.333 e. The van der Waals surface area contributed by atoms with Crippen LogP contribution in [-0.4, -0.2) is 17.0 Å². The van der Waals surface area contributed by atoms with E-state index in [1.54, 1.807) is 54.6 Å². The molecule has 0 radical (unpaired) electrons. The van der Waals surface area contributed by atoms with Crippen molar-refractivity contribution < 1.29 is 14.7 Å². The lowest BCUT2D eigenvalue weighted by atomic mass is 10.0. The number of phenolic OH excluding ortho intramolecular Hbond substituents is 1. The summed E-state index contributed by atoms with van der Waals surface area (Å²) in [6.45, 7) is 0. The van der Waals surface area contributed by atoms with Crippen molar-refractivity contribution in [2.75, 3.05) is 4.90 Å². The number of amides is 3. The number of para-hydroxylation sites is 1. The highest BCUT2D eigenvalue weighted by Gasteiger charge is 2.36. The Labute approximate surface area is 154 Å². The summed E-state index contributed by atoms with van der Waals surface area (Å²) in [5, 5.41) is 23.0. The molecule has 0 bridgehead atoms. The van der Waals surface area contributed by atoms with Gasteiger partial charge in [-0.25, -0.2) is 9.69 Å². The Hall–Kier alpha value is -4.11. The van der Waals surface area contributed by atoms with Gasteiger partial charge in [0.15, 0.2) is 0 Å². The average molecular weight is 355 g/mol. The fourth-order valence-electron chi connectivity index (χ4n) is 3.09. The van der Waals surface area contributed by atoms with Crippen LogP contribution in [0.1, 0.15) is 11.1 Å². The topological polar surface area (TPSA) is 93.4 Å². The lowest BCUT2D eigenvalue weighted by Crippen LogP contribution is -2.30. The first-order valence-electron chi connectivity index (χ1n) is 8.17. The van der Waals surface area contributed by atoms with Gasteiger partial charge in [-0.2, -0.15) is 5.26 Å². The van der Waals surface area contributed by atoms with E-state index in [1.807, 2.05) is 0 Å². The van der Waals surface area contributed by atoms with E-state index in [-0.39, 0.29) is 11.4 Å². The molecule has 1 saturated heterocycles. The van der Waals surface area contributed by atoms with E-state index < -0.39 is 11.9 Å². The molecule has 1 fully saturated rings. The van der Waals surface area contributed by atoms with Gasteiger partial charge in [0.1, 0.15) is 11.4 Å². The molecule has 4 rings (SSSR count). The number of rotatable bonds is 2. The third kappa shape index (κ3) is 2.68. The molecule has 130 valence electrons. The van der Waals surface area contributed by atoms with E-state index in [9.17, 15) is 20.0 Å². The summed E-state index contributed by atoms with van der Waals surface area (Å²) in [5.74, 6) is -0.521. The summed E-state index contributed by atoms with van der Waals surface area (Å²) in [4.78, 5) is 26.4. The molecule has 0 spiro atoms. The Morgan fingerprint density at radius 3 is 2.41 bits per heavy atom. The quantitative estimate of drug-likeness (QED) is 0.543. The Bertz CT molecular complexity index is 1170. The first kappa shape index (κ1) is 16.4. The summed E-state index contributed by atoms with van der Waals surface area (Å²) >= 11 is 0. The van der Waals surface area contributed by atoms with Gasteiger partial charge >= 0.3 is 6.03 Å². The third-order valence-corrected chi connectivity index (χ3v) is 4.38. The highest BCUT2D eigenvalue weighted by atomic mass is 16.3. The Morgan fingerprint density at radius 2 is 1.67 bits per heavy atom. The summed E-state index contributed by atoms with van der Waals surface area (Å²) in [6.07, 6.45) is 1.43. The van der Waals surface area contributed by atoms with Gasteiger partial charge < -0.3 is 10.4 Å². The van der Waals surface area contributed by atoms with E-state index in [0.717, 1.165) is 4.90 Å². The van der Waals surface area contributed by atoms with Crippen LogP contribution in [0.5, 0.6) is 5.75 Å². The van der Waals surface area contributed by atoms with Crippen LogP contribution in [0, 0.1) is 11.3 Å². The standard InChI is InChI=1S/C21H13N3O3/c22-12-14-9-10-18(16-7-3-2-6-15(14)16)24-20(26)17(23-21(24)27)11-13-5-1-4-8-19(13)25/h1-11,25H,(H,23,27). The molecule has 6 heteroatoms. The van der Waals surface area contributed by atoms with Crippen LogP contribution in [-0.2, 0) is 4.79 Å². The maximum absolute atomic E-state index is 12.9. The van der Waals surface area contributed by atoms with Crippen molar-refractivity contribution in [3.8, 4) is 11.8 Å². The minimum atomic E-state index is -0.587. The second-order valence-corrected chi connectivity index (χ2v) is 5.98. The molecular formula is C21H13N3O3. The van der Waals surface area contributed by atoms with E-state index in [0.29, 0.717) is 27.6 Å². The molecule has 1 aliphatic heterocycles. The van der Waals surface area contributed by atoms with Gasteiger partial charge in [0.25, 0.3) is 5.91 Å². The normalized spacial score (nSPS) is 15.2. The summed E-state index contributed by atoms with van der Waals surface area (Å²) in [5.41, 5.74) is 1.35. The number of imide groups is 1. The van der Waals surface area contributed by atoms with Crippen molar-refractivity contribution in [2.24, 2.45) is 0 Å². The van der Waals surface area contributed by atoms with E-state index >= 15 is 0 Å². The number of hydrogen-bond donors (Lipinski definition) is 2. The van der Waals surface area contributed by atoms with Crippen molar-refractivity contribution >= 4 is 34.5 Å². The molecule has 3 aromatic rings. The molecule has 0 saturated carbocycles. The number of benzene rings is 3. The highest BCUT2D eigenvalue weighted by molar-refractivity contribution is 6.30. The molecule has 3 amide bonds. The number of anilines is 1. The highest BCUT2D eigenvalue weighted by Crippen LogP contribution is 2.32. The van der Waals surface area contributed by atoms with E-state index in [1.165, 1.54) is 12.1 Å². The number of carbonyl (C=O) groups excluding carboxylic acids is 2. The molecule has 0 unspecified atom stereocenters. The summed E-state index contributed by atoms with van der Waals surface area (Å²) < 4.78 is 0. The number of nitriles is 1. The second-order valence-electron chi connectivity index (χ2n) is 5.98. The third-order valence-electron chi connectivity index (χ3n) is 4.38. The van der Waals surface area contributed by atoms with Crippen molar-refractivity contribution in [3.05, 3.63) is 77.5 Å². The van der Waals surface area contributed by atoms with Crippen LogP contribution in [0.25, 0.3) is 16.8 Å². The number of fused-ring (bicyclic) bond motifs is 1. The first-order valence-corrected chi connectivity index (χ1v) is 8.17. The SMILES string of the molecule is N#Cc1ccc(N2C(=O)NC(=Cc3ccccc3O)C2=O)c2ccccc12. The maximum Gasteiger partial charge on any atom is 0.333 e. The van der Waals surface area contributed by atoms with Crippen molar-refractivity contribution in [1.82, 2.24) is 5.32 Å². The molecule has 1 heterocycles. The van der Waals surface area contributed by atoms with Gasteiger partial charge in [-0.1, -0.05) is 42.5 Å². The van der Waals surface area contributed by atoms with Crippen molar-refractivity contribution in [3.63, 3.8) is 0 Å². The first-order chi connectivity index (χ1) is 13.1. The maximum atomic E-state index is 12.9. The minimum absolute atomic E-state index is 0.00863. The predicted molar refractivity (Wildman–Crippen MR) is 101 cm³/mol. The van der Waals surface area contributed by atoms with E-state index in [4.69, 9.17) is 0 Å². The predicted octanol–water partition coefficient (Wildman–Crippen LogP) is 3.51. The zero-order valence-electron chi connectivity index (χ0n) is 14.0. The molecule has 3 aromatic carbocycles. The van der Waals surface area contributed by atoms with Gasteiger partial charge in [-0.3, -0.25) is 4.79 Å². The molecule has 0 aliphatic carbocycles. The van der Waals surface area contributed by atoms with Crippen LogP contribution >= 0.6 is 0 Å². The minimum Gasteiger partial charge on any atom is -0.507 e. The summed E-state index contributed by atoms with van der Waals surface area (Å²) in [7, 11) is 0. The van der Waals surface area contributed by atoms with Gasteiger partial charge in [0.05, 0.1) is 17.3 Å². The average Bonchev–Trinajstić information content (AvgIpc) is 2.96. The van der Waals surface area contributed by atoms with Gasteiger partial charge in [-0.05, 0) is 24.3 Å². The van der Waals surface area contributed by atoms with Crippen molar-refractivity contribution in [1.29, 1.82) is 5.26 Å². The van der Waals surface area contributed by atoms with Gasteiger partial charge in [0, 0.05) is 16.3 Å². The number of urea groups is 1. The van der Waals surface area contributed by atoms with Crippen LogP contribution < -0.4 is 10.2 Å². The fourth-order valence-corrected chi connectivity index (χ4v) is 3.09. The second kappa shape index (κ2) is 6.32. The molecule has 0 atom stereocenters. The molecular weight excluding hydrogens is 342 g/mol. The molecule has 0 aromatic heterocycles. The zero-order valence-corrected chi connectivity index (χ0v) is 14.0. The number of phenols is 1. The molecule has 27 heavy (non-hydrogen) atoms. The van der Waals surface area contributed by atoms with Crippen LogP contribution in [0.3, 0.4) is 0 Å². The van der Waals surface area contributed by atoms with Gasteiger partial charge in [-0.15, -0.1) is 0 Å². The lowest BCUT2D eigenvalue weighted by Gasteiger charge is -2.15. The zero-order chi connectivity index (χ0) is 19.0. The lowest BCUT2D eigenvalue weighted by molar-refractivity contribution is -0.113. The van der Waals surface area contributed by atoms with Crippen LogP contribution in [0.2, 0.25) is 0 Å². The number of hydrogen-bond acceptors (Lipinski definition) is 4. The monoisotopic (exact) mass is 355 g/mol. The Kier molecular flexibility index (Phi) is 3.83. The van der Waals surface area contributed by atoms with Crippen LogP contribution in [0.4, 0.5) is 10.5 Å². The molecule has 2 N–H and O–H groups in total. The van der Waals surface area contributed by atoms with Gasteiger partial charge in [0.2, 0.25) is 0 Å². The number of carbonyl (C=O) groups is 2. The van der Waals surface area contributed by atoms with E-state index in [2.05, 4.69) is 11.4 Å². The number of aromatic hydroxyl groups is 1. The van der Waals surface area contributed by atoms with Crippen molar-refractivity contribution in [2.45, 2.75) is 0 Å². The largest absolute Gasteiger partial charge is 0.507 e. The van der Waals surface area contributed by atoms with Crippen LogP contribution in [0.15, 0.2) is 66.4 Å². The summed E-state index contributed by atoms with van der Waals surface area (Å²) in [6, 6.07) is 18.3. The number of nitrogens with zero attached hydrogens (tertiary/aromatic N) is 2. The molecule has 6 nitrogen and oxygen atoms in total.